The van der Waals surface area contributed by atoms with Crippen LogP contribution in [0.2, 0.25) is 0 Å². The van der Waals surface area contributed by atoms with Crippen LogP contribution in [-0.4, -0.2) is 55.1 Å². The molecule has 2 aromatic rings. The van der Waals surface area contributed by atoms with Crippen molar-refractivity contribution < 1.29 is 14.3 Å². The van der Waals surface area contributed by atoms with Crippen LogP contribution >= 0.6 is 11.3 Å². The Hall–Kier alpha value is -2.22. The molecule has 0 aliphatic carbocycles. The van der Waals surface area contributed by atoms with Gasteiger partial charge in [0.05, 0.1) is 12.2 Å². The lowest BCUT2D eigenvalue weighted by Gasteiger charge is -2.35. The second kappa shape index (κ2) is 12.0. The lowest BCUT2D eigenvalue weighted by Crippen LogP contribution is -2.46. The molecule has 1 aromatic carbocycles. The smallest absolute Gasteiger partial charge is 0.251 e. The molecule has 0 bridgehead atoms. The second-order valence-electron chi connectivity index (χ2n) is 8.19. The van der Waals surface area contributed by atoms with Gasteiger partial charge in [0.2, 0.25) is 5.91 Å². The summed E-state index contributed by atoms with van der Waals surface area (Å²) >= 11 is 1.72. The lowest BCUT2D eigenvalue weighted by molar-refractivity contribution is -0.116. The normalized spacial score (nSPS) is 19.2. The molecular formula is C24H33N3O3S. The zero-order valence-electron chi connectivity index (χ0n) is 18.4. The van der Waals surface area contributed by atoms with Crippen LogP contribution < -0.4 is 10.6 Å². The van der Waals surface area contributed by atoms with Crippen molar-refractivity contribution in [2.45, 2.75) is 51.7 Å². The number of hydrogen-bond acceptors (Lipinski definition) is 5. The molecular weight excluding hydrogens is 410 g/mol. The molecule has 1 aliphatic rings. The van der Waals surface area contributed by atoms with E-state index in [0.29, 0.717) is 24.2 Å². The Kier molecular flexibility index (Phi) is 9.06. The van der Waals surface area contributed by atoms with Gasteiger partial charge in [-0.05, 0) is 62.8 Å². The Morgan fingerprint density at radius 3 is 2.68 bits per heavy atom. The quantitative estimate of drug-likeness (QED) is 0.546. The summed E-state index contributed by atoms with van der Waals surface area (Å²) < 4.78 is 5.75. The SMILES string of the molecule is CC1CN(CCCNC(=O)c2cccc(NC(=O)CCCc3cccs3)c2)CC(C)O1. The van der Waals surface area contributed by atoms with Gasteiger partial charge in [0.1, 0.15) is 0 Å². The van der Waals surface area contributed by atoms with Gasteiger partial charge in [-0.3, -0.25) is 14.5 Å². The number of anilines is 1. The standard InChI is InChI=1S/C24H33N3O3S/c1-18-16-27(17-19(2)30-18)13-6-12-25-24(29)20-7-3-8-21(15-20)26-23(28)11-4-9-22-10-5-14-31-22/h3,5,7-8,10,14-15,18-19H,4,6,9,11-13,16-17H2,1-2H3,(H,25,29)(H,26,28). The molecule has 3 rings (SSSR count). The highest BCUT2D eigenvalue weighted by atomic mass is 32.1. The predicted molar refractivity (Wildman–Crippen MR) is 126 cm³/mol. The third kappa shape index (κ3) is 8.09. The van der Waals surface area contributed by atoms with E-state index in [1.54, 1.807) is 29.5 Å². The van der Waals surface area contributed by atoms with Crippen LogP contribution in [0.1, 0.15) is 48.3 Å². The van der Waals surface area contributed by atoms with Crippen LogP contribution in [0, 0.1) is 0 Å². The molecule has 0 spiro atoms. The Labute approximate surface area is 189 Å². The number of thiophene rings is 1. The molecule has 1 aliphatic heterocycles. The number of amides is 2. The van der Waals surface area contributed by atoms with E-state index < -0.39 is 0 Å². The summed E-state index contributed by atoms with van der Waals surface area (Å²) in [7, 11) is 0. The maximum Gasteiger partial charge on any atom is 0.251 e. The number of hydrogen-bond donors (Lipinski definition) is 2. The van der Waals surface area contributed by atoms with Gasteiger partial charge in [-0.25, -0.2) is 0 Å². The van der Waals surface area contributed by atoms with Gasteiger partial charge >= 0.3 is 0 Å². The molecule has 1 aromatic heterocycles. The van der Waals surface area contributed by atoms with Crippen molar-refractivity contribution in [3.8, 4) is 0 Å². The summed E-state index contributed by atoms with van der Waals surface area (Å²) in [6.45, 7) is 7.64. The number of morpholine rings is 1. The van der Waals surface area contributed by atoms with Crippen LogP contribution in [0.25, 0.3) is 0 Å². The van der Waals surface area contributed by atoms with Gasteiger partial charge in [-0.15, -0.1) is 11.3 Å². The van der Waals surface area contributed by atoms with Gasteiger partial charge in [0, 0.05) is 48.7 Å². The Bertz CT molecular complexity index is 830. The van der Waals surface area contributed by atoms with Crippen molar-refractivity contribution in [3.05, 3.63) is 52.2 Å². The highest BCUT2D eigenvalue weighted by molar-refractivity contribution is 7.09. The van der Waals surface area contributed by atoms with Crippen LogP contribution in [0.5, 0.6) is 0 Å². The second-order valence-corrected chi connectivity index (χ2v) is 9.22. The first-order valence-corrected chi connectivity index (χ1v) is 12.0. The number of rotatable bonds is 10. The van der Waals surface area contributed by atoms with E-state index in [2.05, 4.69) is 40.8 Å². The van der Waals surface area contributed by atoms with E-state index in [1.807, 2.05) is 12.1 Å². The molecule has 168 valence electrons. The van der Waals surface area contributed by atoms with E-state index in [0.717, 1.165) is 38.9 Å². The van der Waals surface area contributed by atoms with Gasteiger partial charge in [0.15, 0.2) is 0 Å². The third-order valence-electron chi connectivity index (χ3n) is 5.25. The Morgan fingerprint density at radius 2 is 1.94 bits per heavy atom. The van der Waals surface area contributed by atoms with E-state index in [-0.39, 0.29) is 24.0 Å². The molecule has 2 N–H and O–H groups in total. The first-order valence-electron chi connectivity index (χ1n) is 11.1. The number of benzene rings is 1. The van der Waals surface area contributed by atoms with Gasteiger partial charge < -0.3 is 15.4 Å². The van der Waals surface area contributed by atoms with Crippen LogP contribution in [0.3, 0.4) is 0 Å². The van der Waals surface area contributed by atoms with Crippen molar-refractivity contribution in [1.29, 1.82) is 0 Å². The molecule has 2 atom stereocenters. The Balaban J connectivity index is 1.37. The highest BCUT2D eigenvalue weighted by Crippen LogP contribution is 2.14. The summed E-state index contributed by atoms with van der Waals surface area (Å²) in [4.78, 5) is 28.4. The minimum absolute atomic E-state index is 0.0249. The third-order valence-corrected chi connectivity index (χ3v) is 6.18. The summed E-state index contributed by atoms with van der Waals surface area (Å²) in [5.41, 5.74) is 1.22. The minimum atomic E-state index is -0.113. The summed E-state index contributed by atoms with van der Waals surface area (Å²) in [6, 6.07) is 11.2. The summed E-state index contributed by atoms with van der Waals surface area (Å²) in [6.07, 6.45) is 3.60. The zero-order chi connectivity index (χ0) is 22.1. The predicted octanol–water partition coefficient (Wildman–Crippen LogP) is 3.94. The van der Waals surface area contributed by atoms with Crippen molar-refractivity contribution in [2.24, 2.45) is 0 Å². The molecule has 2 amide bonds. The fourth-order valence-electron chi connectivity index (χ4n) is 3.91. The van der Waals surface area contributed by atoms with E-state index in [9.17, 15) is 9.59 Å². The van der Waals surface area contributed by atoms with Crippen LogP contribution in [0.15, 0.2) is 41.8 Å². The summed E-state index contributed by atoms with van der Waals surface area (Å²) in [5, 5.41) is 7.94. The molecule has 1 fully saturated rings. The topological polar surface area (TPSA) is 70.7 Å². The molecule has 0 saturated carbocycles. The van der Waals surface area contributed by atoms with Gasteiger partial charge in [0.25, 0.3) is 5.91 Å². The van der Waals surface area contributed by atoms with Crippen molar-refractivity contribution in [1.82, 2.24) is 10.2 Å². The van der Waals surface area contributed by atoms with E-state index in [1.165, 1.54) is 4.88 Å². The minimum Gasteiger partial charge on any atom is -0.373 e. The van der Waals surface area contributed by atoms with Gasteiger partial charge in [-0.2, -0.15) is 0 Å². The number of aryl methyl sites for hydroxylation is 1. The average molecular weight is 444 g/mol. The Morgan fingerprint density at radius 1 is 1.13 bits per heavy atom. The molecule has 2 unspecified atom stereocenters. The average Bonchev–Trinajstić information content (AvgIpc) is 3.24. The van der Waals surface area contributed by atoms with E-state index >= 15 is 0 Å². The first kappa shape index (κ1) is 23.4. The molecule has 31 heavy (non-hydrogen) atoms. The fraction of sp³-hybridized carbons (Fsp3) is 0.500. The maximum atomic E-state index is 12.5. The number of carbonyl (C=O) groups is 2. The largest absolute Gasteiger partial charge is 0.373 e. The highest BCUT2D eigenvalue weighted by Gasteiger charge is 2.21. The number of nitrogens with zero attached hydrogens (tertiary/aromatic N) is 1. The first-order chi connectivity index (χ1) is 15.0. The van der Waals surface area contributed by atoms with Gasteiger partial charge in [-0.1, -0.05) is 12.1 Å². The maximum absolute atomic E-state index is 12.5. The lowest BCUT2D eigenvalue weighted by atomic mass is 10.1. The summed E-state index contributed by atoms with van der Waals surface area (Å²) in [5.74, 6) is -0.138. The van der Waals surface area contributed by atoms with Crippen LogP contribution in [-0.2, 0) is 16.0 Å². The van der Waals surface area contributed by atoms with Crippen molar-refractivity contribution >= 4 is 28.8 Å². The molecule has 1 saturated heterocycles. The number of carbonyl (C=O) groups excluding carboxylic acids is 2. The van der Waals surface area contributed by atoms with Crippen molar-refractivity contribution in [3.63, 3.8) is 0 Å². The monoisotopic (exact) mass is 443 g/mol. The zero-order valence-corrected chi connectivity index (χ0v) is 19.2. The molecule has 2 heterocycles. The number of nitrogens with one attached hydrogen (secondary N) is 2. The molecule has 0 radical (unpaired) electrons. The van der Waals surface area contributed by atoms with E-state index in [4.69, 9.17) is 4.74 Å². The molecule has 7 heteroatoms. The fourth-order valence-corrected chi connectivity index (χ4v) is 4.66. The van der Waals surface area contributed by atoms with Crippen molar-refractivity contribution in [2.75, 3.05) is 31.5 Å². The molecule has 6 nitrogen and oxygen atoms in total. The number of ether oxygens (including phenoxy) is 1. The van der Waals surface area contributed by atoms with Crippen LogP contribution in [0.4, 0.5) is 5.69 Å².